The van der Waals surface area contributed by atoms with Crippen LogP contribution in [-0.4, -0.2) is 82.6 Å². The van der Waals surface area contributed by atoms with E-state index in [4.69, 9.17) is 0 Å². The fourth-order valence-electron chi connectivity index (χ4n) is 5.20. The Balaban J connectivity index is 1.29. The van der Waals surface area contributed by atoms with Gasteiger partial charge in [0.05, 0.1) is 11.8 Å². The first-order valence-electron chi connectivity index (χ1n) is 13.6. The molecule has 15 heteroatoms. The van der Waals surface area contributed by atoms with E-state index in [1.807, 2.05) is 4.90 Å². The number of nitrogens with one attached hydrogen (secondary N) is 2. The van der Waals surface area contributed by atoms with Crippen LogP contribution in [0.4, 0.5) is 41.2 Å². The molecule has 0 radical (unpaired) electrons. The summed E-state index contributed by atoms with van der Waals surface area (Å²) < 4.78 is 93.4. The maximum atomic E-state index is 14.7. The fraction of sp³-hybridized carbons (Fsp3) is 0.500. The number of anilines is 1. The van der Waals surface area contributed by atoms with E-state index in [1.165, 1.54) is 17.0 Å². The standard InChI is InChI=1S/C28H31F7N4O4/c29-22-15-18(3-10-23(22)37-25(42)36-20-6-8-21(40)9-7-20)24(41)39-13-11-38(12-14-39)16-17-1-4-19(5-2-17)26(43,27(30,31)32)28(33,34)35/h1-5,10,15,20-21,40,43H,6-9,11-14,16H2,(H2,36,37,42). The van der Waals surface area contributed by atoms with Crippen molar-refractivity contribution in [1.29, 1.82) is 0 Å². The second kappa shape index (κ2) is 12.7. The predicted octanol–water partition coefficient (Wildman–Crippen LogP) is 4.52. The number of amides is 3. The average molecular weight is 621 g/mol. The summed E-state index contributed by atoms with van der Waals surface area (Å²) >= 11 is 0. The summed E-state index contributed by atoms with van der Waals surface area (Å²) in [7, 11) is 0. The minimum absolute atomic E-state index is 0.0654. The van der Waals surface area contributed by atoms with Gasteiger partial charge in [-0.2, -0.15) is 26.3 Å². The van der Waals surface area contributed by atoms with E-state index in [1.54, 1.807) is 0 Å². The number of hydrogen-bond donors (Lipinski definition) is 4. The number of nitrogens with zero attached hydrogens (tertiary/aromatic N) is 2. The van der Waals surface area contributed by atoms with Crippen LogP contribution in [0.15, 0.2) is 42.5 Å². The number of carbonyl (C=O) groups is 2. The number of carbonyl (C=O) groups excluding carboxylic acids is 2. The lowest BCUT2D eigenvalue weighted by Crippen LogP contribution is -2.53. The zero-order valence-corrected chi connectivity index (χ0v) is 22.8. The highest BCUT2D eigenvalue weighted by Gasteiger charge is 2.71. The Morgan fingerprint density at radius 1 is 0.860 bits per heavy atom. The van der Waals surface area contributed by atoms with Gasteiger partial charge in [-0.3, -0.25) is 9.69 Å². The summed E-state index contributed by atoms with van der Waals surface area (Å²) in [5.74, 6) is -1.25. The van der Waals surface area contributed by atoms with Crippen LogP contribution in [0.2, 0.25) is 0 Å². The van der Waals surface area contributed by atoms with Crippen LogP contribution in [0.1, 0.15) is 47.2 Å². The Morgan fingerprint density at radius 3 is 1.98 bits per heavy atom. The maximum absolute atomic E-state index is 14.7. The molecular formula is C28H31F7N4O4. The molecule has 0 spiro atoms. The van der Waals surface area contributed by atoms with Gasteiger partial charge in [0, 0.05) is 49.9 Å². The molecule has 4 rings (SSSR count). The largest absolute Gasteiger partial charge is 0.430 e. The molecule has 0 bridgehead atoms. The zero-order valence-electron chi connectivity index (χ0n) is 22.8. The zero-order chi connectivity index (χ0) is 31.6. The number of alkyl halides is 6. The third-order valence-electron chi connectivity index (χ3n) is 7.75. The number of urea groups is 1. The van der Waals surface area contributed by atoms with E-state index >= 15 is 0 Å². The van der Waals surface area contributed by atoms with E-state index < -0.39 is 41.3 Å². The van der Waals surface area contributed by atoms with E-state index in [0.717, 1.165) is 18.2 Å². The first kappa shape index (κ1) is 32.5. The number of aliphatic hydroxyl groups is 2. The summed E-state index contributed by atoms with van der Waals surface area (Å²) in [6.45, 7) is 1.32. The quantitative estimate of drug-likeness (QED) is 0.356. The van der Waals surface area contributed by atoms with Gasteiger partial charge in [-0.15, -0.1) is 0 Å². The SMILES string of the molecule is O=C(Nc1ccc(C(=O)N2CCN(Cc3ccc(C(O)(C(F)(F)F)C(F)(F)F)cc3)CC2)cc1F)NC1CCC(O)CC1. The van der Waals surface area contributed by atoms with Crippen molar-refractivity contribution in [3.63, 3.8) is 0 Å². The van der Waals surface area contributed by atoms with Crippen LogP contribution in [0.5, 0.6) is 0 Å². The van der Waals surface area contributed by atoms with Gasteiger partial charge in [-0.1, -0.05) is 24.3 Å². The molecule has 43 heavy (non-hydrogen) atoms. The lowest BCUT2D eigenvalue weighted by molar-refractivity contribution is -0.376. The van der Waals surface area contributed by atoms with Crippen LogP contribution >= 0.6 is 0 Å². The van der Waals surface area contributed by atoms with Crippen molar-refractivity contribution in [2.24, 2.45) is 0 Å². The van der Waals surface area contributed by atoms with Gasteiger partial charge in [0.15, 0.2) is 0 Å². The Morgan fingerprint density at radius 2 is 1.44 bits per heavy atom. The smallest absolute Gasteiger partial charge is 0.393 e. The van der Waals surface area contributed by atoms with Crippen molar-refractivity contribution in [3.8, 4) is 0 Å². The minimum atomic E-state index is -5.97. The normalized spacial score (nSPS) is 20.5. The summed E-state index contributed by atoms with van der Waals surface area (Å²) in [5.41, 5.74) is -5.97. The van der Waals surface area contributed by atoms with E-state index in [0.29, 0.717) is 56.5 Å². The van der Waals surface area contributed by atoms with Crippen molar-refractivity contribution < 1.29 is 50.5 Å². The van der Waals surface area contributed by atoms with Gasteiger partial charge < -0.3 is 25.7 Å². The molecule has 0 aromatic heterocycles. The number of benzene rings is 2. The molecule has 1 aliphatic carbocycles. The molecule has 1 saturated heterocycles. The number of halogens is 7. The first-order valence-corrected chi connectivity index (χ1v) is 13.6. The first-order chi connectivity index (χ1) is 20.1. The van der Waals surface area contributed by atoms with Crippen molar-refractivity contribution in [2.45, 2.75) is 62.3 Å². The number of hydrogen-bond acceptors (Lipinski definition) is 5. The molecule has 236 valence electrons. The highest BCUT2D eigenvalue weighted by Crippen LogP contribution is 2.50. The van der Waals surface area contributed by atoms with Gasteiger partial charge in [0.2, 0.25) is 0 Å². The molecule has 2 fully saturated rings. The summed E-state index contributed by atoms with van der Waals surface area (Å²) in [5, 5.41) is 24.3. The molecule has 2 aromatic rings. The minimum Gasteiger partial charge on any atom is -0.393 e. The Kier molecular flexibility index (Phi) is 9.57. The molecule has 8 nitrogen and oxygen atoms in total. The van der Waals surface area contributed by atoms with Crippen molar-refractivity contribution in [2.75, 3.05) is 31.5 Å². The molecule has 1 heterocycles. The summed E-state index contributed by atoms with van der Waals surface area (Å²) in [6, 6.07) is 6.30. The van der Waals surface area contributed by atoms with E-state index in [9.17, 15) is 50.5 Å². The number of rotatable bonds is 6. The molecular weight excluding hydrogens is 589 g/mol. The van der Waals surface area contributed by atoms with Gasteiger partial charge >= 0.3 is 18.4 Å². The monoisotopic (exact) mass is 620 g/mol. The van der Waals surface area contributed by atoms with Gasteiger partial charge in [-0.05, 0) is 49.4 Å². The van der Waals surface area contributed by atoms with Crippen molar-refractivity contribution in [3.05, 3.63) is 65.0 Å². The van der Waals surface area contributed by atoms with E-state index in [-0.39, 0.29) is 43.0 Å². The molecule has 1 aliphatic heterocycles. The number of aliphatic hydroxyl groups excluding tert-OH is 1. The second-order valence-corrected chi connectivity index (χ2v) is 10.8. The van der Waals surface area contributed by atoms with Gasteiger partial charge in [0.25, 0.3) is 11.5 Å². The molecule has 4 N–H and O–H groups in total. The van der Waals surface area contributed by atoms with Gasteiger partial charge in [-0.25, -0.2) is 9.18 Å². The van der Waals surface area contributed by atoms with Crippen LogP contribution in [-0.2, 0) is 12.1 Å². The Labute approximate surface area is 242 Å². The summed E-state index contributed by atoms with van der Waals surface area (Å²) in [6.07, 6.45) is -9.96. The molecule has 0 unspecified atom stereocenters. The third kappa shape index (κ3) is 7.39. The molecule has 3 amide bonds. The molecule has 2 aliphatic rings. The van der Waals surface area contributed by atoms with Crippen LogP contribution in [0, 0.1) is 5.82 Å². The third-order valence-corrected chi connectivity index (χ3v) is 7.75. The highest BCUT2D eigenvalue weighted by atomic mass is 19.4. The van der Waals surface area contributed by atoms with Crippen LogP contribution in [0.3, 0.4) is 0 Å². The lowest BCUT2D eigenvalue weighted by atomic mass is 9.91. The number of piperazine rings is 1. The van der Waals surface area contributed by atoms with Crippen molar-refractivity contribution >= 4 is 17.6 Å². The summed E-state index contributed by atoms with van der Waals surface area (Å²) in [4.78, 5) is 28.5. The van der Waals surface area contributed by atoms with Crippen LogP contribution < -0.4 is 10.6 Å². The predicted molar refractivity (Wildman–Crippen MR) is 140 cm³/mol. The molecule has 1 saturated carbocycles. The fourth-order valence-corrected chi connectivity index (χ4v) is 5.20. The topological polar surface area (TPSA) is 105 Å². The molecule has 0 atom stereocenters. The van der Waals surface area contributed by atoms with Crippen molar-refractivity contribution in [1.82, 2.24) is 15.1 Å². The molecule has 2 aromatic carbocycles. The van der Waals surface area contributed by atoms with Crippen LogP contribution in [0.25, 0.3) is 0 Å². The maximum Gasteiger partial charge on any atom is 0.430 e. The average Bonchev–Trinajstić information content (AvgIpc) is 2.94. The Hall–Kier alpha value is -3.43. The van der Waals surface area contributed by atoms with E-state index in [2.05, 4.69) is 10.6 Å². The lowest BCUT2D eigenvalue weighted by Gasteiger charge is -2.35. The Bertz CT molecular complexity index is 1270. The second-order valence-electron chi connectivity index (χ2n) is 10.8. The van der Waals surface area contributed by atoms with Gasteiger partial charge in [0.1, 0.15) is 5.82 Å². The highest BCUT2D eigenvalue weighted by molar-refractivity contribution is 5.95.